The molecule has 0 atom stereocenters. The number of oxazole rings is 1. The van der Waals surface area contributed by atoms with Gasteiger partial charge in [-0.15, -0.1) is 0 Å². The Balaban J connectivity index is 1.52. The van der Waals surface area contributed by atoms with Crippen LogP contribution in [0.3, 0.4) is 0 Å². The van der Waals surface area contributed by atoms with Crippen LogP contribution < -0.4 is 5.32 Å². The molecular formula is C17H28N2O. The summed E-state index contributed by atoms with van der Waals surface area (Å²) in [6.07, 6.45) is 9.75. The first-order chi connectivity index (χ1) is 9.52. The average molecular weight is 276 g/mol. The van der Waals surface area contributed by atoms with E-state index in [0.29, 0.717) is 17.4 Å². The molecule has 2 aliphatic rings. The standard InChI is InChI=1S/C17H28N2O/c1-17(2,3)13-6-4-12(5-7-13)15-10-19-16(20-15)11-18-14-8-9-14/h10,12-14,18H,4-9,11H2,1-3H3. The predicted molar refractivity (Wildman–Crippen MR) is 80.5 cm³/mol. The molecule has 20 heavy (non-hydrogen) atoms. The Morgan fingerprint density at radius 2 is 1.85 bits per heavy atom. The van der Waals surface area contributed by atoms with E-state index in [-0.39, 0.29) is 0 Å². The van der Waals surface area contributed by atoms with E-state index < -0.39 is 0 Å². The predicted octanol–water partition coefficient (Wildman–Crippen LogP) is 4.25. The zero-order valence-electron chi connectivity index (χ0n) is 13.1. The van der Waals surface area contributed by atoms with Gasteiger partial charge in [-0.25, -0.2) is 4.98 Å². The molecule has 2 aliphatic carbocycles. The van der Waals surface area contributed by atoms with Gasteiger partial charge >= 0.3 is 0 Å². The fourth-order valence-corrected chi connectivity index (χ4v) is 3.36. The Hall–Kier alpha value is -0.830. The quantitative estimate of drug-likeness (QED) is 0.893. The van der Waals surface area contributed by atoms with Crippen molar-refractivity contribution in [2.45, 2.75) is 77.8 Å². The van der Waals surface area contributed by atoms with E-state index in [2.05, 4.69) is 31.1 Å². The van der Waals surface area contributed by atoms with Gasteiger partial charge in [-0.1, -0.05) is 20.8 Å². The third kappa shape index (κ3) is 3.43. The van der Waals surface area contributed by atoms with E-state index in [4.69, 9.17) is 4.42 Å². The Morgan fingerprint density at radius 3 is 2.45 bits per heavy atom. The van der Waals surface area contributed by atoms with Crippen molar-refractivity contribution >= 4 is 0 Å². The Kier molecular flexibility index (Phi) is 3.89. The molecule has 1 aromatic rings. The first-order valence-electron chi connectivity index (χ1n) is 8.20. The van der Waals surface area contributed by atoms with Gasteiger partial charge < -0.3 is 9.73 Å². The lowest BCUT2D eigenvalue weighted by Crippen LogP contribution is -2.25. The molecule has 0 amide bonds. The van der Waals surface area contributed by atoms with Crippen LogP contribution in [-0.4, -0.2) is 11.0 Å². The van der Waals surface area contributed by atoms with Crippen molar-refractivity contribution in [1.82, 2.24) is 10.3 Å². The second kappa shape index (κ2) is 5.51. The number of aromatic nitrogens is 1. The van der Waals surface area contributed by atoms with E-state index in [1.54, 1.807) is 0 Å². The van der Waals surface area contributed by atoms with Crippen molar-refractivity contribution in [3.8, 4) is 0 Å². The Morgan fingerprint density at radius 1 is 1.15 bits per heavy atom. The number of nitrogens with one attached hydrogen (secondary N) is 1. The van der Waals surface area contributed by atoms with Gasteiger partial charge in [-0.05, 0) is 49.9 Å². The van der Waals surface area contributed by atoms with Crippen LogP contribution >= 0.6 is 0 Å². The first kappa shape index (κ1) is 14.1. The SMILES string of the molecule is CC(C)(C)C1CCC(c2cnc(CNC3CC3)o2)CC1. The van der Waals surface area contributed by atoms with Crippen LogP contribution in [0.2, 0.25) is 0 Å². The van der Waals surface area contributed by atoms with Crippen molar-refractivity contribution in [3.05, 3.63) is 17.8 Å². The number of rotatable bonds is 4. The van der Waals surface area contributed by atoms with Crippen LogP contribution in [0.1, 0.15) is 76.9 Å². The van der Waals surface area contributed by atoms with E-state index in [9.17, 15) is 0 Å². The minimum absolute atomic E-state index is 0.450. The minimum Gasteiger partial charge on any atom is -0.444 e. The highest BCUT2D eigenvalue weighted by Gasteiger charge is 2.31. The van der Waals surface area contributed by atoms with Gasteiger partial charge in [0.2, 0.25) is 5.89 Å². The van der Waals surface area contributed by atoms with Crippen molar-refractivity contribution in [3.63, 3.8) is 0 Å². The molecule has 0 spiro atoms. The molecule has 2 saturated carbocycles. The topological polar surface area (TPSA) is 38.1 Å². The summed E-state index contributed by atoms with van der Waals surface area (Å²) >= 11 is 0. The molecule has 3 nitrogen and oxygen atoms in total. The van der Waals surface area contributed by atoms with Crippen molar-refractivity contribution in [2.75, 3.05) is 0 Å². The van der Waals surface area contributed by atoms with E-state index in [1.807, 2.05) is 6.20 Å². The normalized spacial score (nSPS) is 27.8. The molecular weight excluding hydrogens is 248 g/mol. The maximum atomic E-state index is 5.95. The number of nitrogens with zero attached hydrogens (tertiary/aromatic N) is 1. The molecule has 0 aromatic carbocycles. The molecule has 0 unspecified atom stereocenters. The summed E-state index contributed by atoms with van der Waals surface area (Å²) in [5, 5.41) is 3.46. The lowest BCUT2D eigenvalue weighted by Gasteiger charge is -2.36. The molecule has 1 aromatic heterocycles. The molecule has 0 radical (unpaired) electrons. The molecule has 0 saturated heterocycles. The highest BCUT2D eigenvalue weighted by Crippen LogP contribution is 2.43. The second-order valence-corrected chi connectivity index (χ2v) is 7.73. The summed E-state index contributed by atoms with van der Waals surface area (Å²) in [5.41, 5.74) is 0.450. The summed E-state index contributed by atoms with van der Waals surface area (Å²) in [5.74, 6) is 3.43. The zero-order chi connectivity index (χ0) is 14.2. The van der Waals surface area contributed by atoms with Crippen molar-refractivity contribution < 1.29 is 4.42 Å². The van der Waals surface area contributed by atoms with E-state index in [1.165, 1.54) is 38.5 Å². The maximum Gasteiger partial charge on any atom is 0.208 e. The van der Waals surface area contributed by atoms with E-state index >= 15 is 0 Å². The summed E-state index contributed by atoms with van der Waals surface area (Å²) < 4.78 is 5.95. The Labute approximate surface area is 122 Å². The van der Waals surface area contributed by atoms with Crippen LogP contribution in [0.5, 0.6) is 0 Å². The fourth-order valence-electron chi connectivity index (χ4n) is 3.36. The van der Waals surface area contributed by atoms with Gasteiger partial charge in [-0.3, -0.25) is 0 Å². The van der Waals surface area contributed by atoms with Crippen LogP contribution in [0, 0.1) is 11.3 Å². The summed E-state index contributed by atoms with van der Waals surface area (Å²) in [4.78, 5) is 4.43. The molecule has 0 aliphatic heterocycles. The summed E-state index contributed by atoms with van der Waals surface area (Å²) in [7, 11) is 0. The third-order valence-electron chi connectivity index (χ3n) is 5.05. The smallest absolute Gasteiger partial charge is 0.208 e. The van der Waals surface area contributed by atoms with Crippen LogP contribution in [0.25, 0.3) is 0 Å². The molecule has 1 heterocycles. The van der Waals surface area contributed by atoms with Crippen molar-refractivity contribution in [1.29, 1.82) is 0 Å². The largest absolute Gasteiger partial charge is 0.444 e. The molecule has 1 N–H and O–H groups in total. The highest BCUT2D eigenvalue weighted by molar-refractivity contribution is 5.04. The lowest BCUT2D eigenvalue weighted by atomic mass is 9.69. The van der Waals surface area contributed by atoms with Gasteiger partial charge in [0, 0.05) is 12.0 Å². The van der Waals surface area contributed by atoms with Crippen LogP contribution in [0.4, 0.5) is 0 Å². The highest BCUT2D eigenvalue weighted by atomic mass is 16.4. The third-order valence-corrected chi connectivity index (χ3v) is 5.05. The Bertz CT molecular complexity index is 434. The minimum atomic E-state index is 0.450. The second-order valence-electron chi connectivity index (χ2n) is 7.73. The van der Waals surface area contributed by atoms with E-state index in [0.717, 1.165) is 24.1 Å². The zero-order valence-corrected chi connectivity index (χ0v) is 13.1. The first-order valence-corrected chi connectivity index (χ1v) is 8.20. The van der Waals surface area contributed by atoms with Crippen molar-refractivity contribution in [2.24, 2.45) is 11.3 Å². The summed E-state index contributed by atoms with van der Waals surface area (Å²) in [6, 6.07) is 0.715. The van der Waals surface area contributed by atoms with Crippen LogP contribution in [-0.2, 0) is 6.54 Å². The molecule has 0 bridgehead atoms. The molecule has 112 valence electrons. The lowest BCUT2D eigenvalue weighted by molar-refractivity contribution is 0.162. The van der Waals surface area contributed by atoms with Gasteiger partial charge in [0.25, 0.3) is 0 Å². The monoisotopic (exact) mass is 276 g/mol. The molecule has 3 rings (SSSR count). The fraction of sp³-hybridized carbons (Fsp3) is 0.824. The summed E-state index contributed by atoms with van der Waals surface area (Å²) in [6.45, 7) is 7.90. The van der Waals surface area contributed by atoms with Gasteiger partial charge in [0.15, 0.2) is 0 Å². The maximum absolute atomic E-state index is 5.95. The van der Waals surface area contributed by atoms with Gasteiger partial charge in [-0.2, -0.15) is 0 Å². The average Bonchev–Trinajstić information content (AvgIpc) is 3.13. The van der Waals surface area contributed by atoms with Crippen LogP contribution in [0.15, 0.2) is 10.6 Å². The molecule has 2 fully saturated rings. The number of hydrogen-bond donors (Lipinski definition) is 1. The van der Waals surface area contributed by atoms with Gasteiger partial charge in [0.05, 0.1) is 12.7 Å². The van der Waals surface area contributed by atoms with Gasteiger partial charge in [0.1, 0.15) is 5.76 Å². The molecule has 3 heteroatoms. The number of hydrogen-bond acceptors (Lipinski definition) is 3.